The Hall–Kier alpha value is -1.89. The van der Waals surface area contributed by atoms with Gasteiger partial charge in [-0.25, -0.2) is 14.0 Å². The average Bonchev–Trinajstić information content (AvgIpc) is 2.30. The average molecular weight is 360 g/mol. The molecule has 0 fully saturated rings. The first-order valence-electron chi connectivity index (χ1n) is 5.98. The summed E-state index contributed by atoms with van der Waals surface area (Å²) < 4.78 is 19.1. The third kappa shape index (κ3) is 5.95. The van der Waals surface area contributed by atoms with Gasteiger partial charge in [0.05, 0.1) is 0 Å². The summed E-state index contributed by atoms with van der Waals surface area (Å²) in [6.45, 7) is 4.93. The van der Waals surface area contributed by atoms with E-state index in [0.29, 0.717) is 4.47 Å². The molecule has 0 aliphatic carbocycles. The van der Waals surface area contributed by atoms with Crippen molar-refractivity contribution in [2.75, 3.05) is 0 Å². The summed E-state index contributed by atoms with van der Waals surface area (Å²) in [4.78, 5) is 22.7. The van der Waals surface area contributed by atoms with Crippen LogP contribution in [0.15, 0.2) is 28.4 Å². The van der Waals surface area contributed by atoms with Crippen molar-refractivity contribution >= 4 is 34.1 Å². The van der Waals surface area contributed by atoms with Crippen LogP contribution in [0.2, 0.25) is 0 Å². The first-order valence-corrected chi connectivity index (χ1v) is 6.78. The highest BCUT2D eigenvalue weighted by Crippen LogP contribution is 2.18. The number of benzene rings is 1. The molecule has 0 aliphatic rings. The first-order chi connectivity index (χ1) is 9.58. The molecule has 0 saturated carbocycles. The predicted molar refractivity (Wildman–Crippen MR) is 79.1 cm³/mol. The number of carbonyl (C=O) groups is 2. The fourth-order valence-electron chi connectivity index (χ4n) is 1.35. The molecule has 0 bridgehead atoms. The number of halogens is 2. The van der Waals surface area contributed by atoms with Crippen molar-refractivity contribution < 1.29 is 23.8 Å². The third-order valence-electron chi connectivity index (χ3n) is 2.12. The number of amides is 1. The predicted octanol–water partition coefficient (Wildman–Crippen LogP) is 3.54. The minimum absolute atomic E-state index is 0.0258. The maximum absolute atomic E-state index is 13.6. The van der Waals surface area contributed by atoms with Crippen LogP contribution in [0.5, 0.6) is 0 Å². The Balaban J connectivity index is 3.02. The fourth-order valence-corrected chi connectivity index (χ4v) is 1.72. The molecule has 2 N–H and O–H groups in total. The SMILES string of the molecule is CC(C)(C)OC(=O)N/C(=C\c1cc(Br)ccc1F)C(=O)O. The van der Waals surface area contributed by atoms with E-state index in [-0.39, 0.29) is 5.56 Å². The maximum Gasteiger partial charge on any atom is 0.412 e. The number of aliphatic carboxylic acids is 1. The number of carboxylic acid groups (broad SMARTS) is 1. The van der Waals surface area contributed by atoms with E-state index in [0.717, 1.165) is 6.08 Å². The molecule has 0 radical (unpaired) electrons. The molecule has 0 spiro atoms. The van der Waals surface area contributed by atoms with E-state index in [1.165, 1.54) is 18.2 Å². The van der Waals surface area contributed by atoms with Crippen LogP contribution < -0.4 is 5.32 Å². The molecule has 5 nitrogen and oxygen atoms in total. The zero-order chi connectivity index (χ0) is 16.2. The lowest BCUT2D eigenvalue weighted by atomic mass is 10.2. The lowest BCUT2D eigenvalue weighted by molar-refractivity contribution is -0.133. The van der Waals surface area contributed by atoms with Crippen molar-refractivity contribution in [3.05, 3.63) is 39.7 Å². The summed E-state index contributed by atoms with van der Waals surface area (Å²) >= 11 is 3.16. The standard InChI is InChI=1S/C14H15BrFNO4/c1-14(2,3)21-13(20)17-11(12(18)19)7-8-6-9(15)4-5-10(8)16/h4-7H,1-3H3,(H,17,20)(H,18,19)/b11-7-. The second-order valence-corrected chi connectivity index (χ2v) is 6.07. The second-order valence-electron chi connectivity index (χ2n) is 5.16. The van der Waals surface area contributed by atoms with Crippen molar-refractivity contribution in [2.45, 2.75) is 26.4 Å². The molecule has 0 aliphatic heterocycles. The number of nitrogens with one attached hydrogen (secondary N) is 1. The van der Waals surface area contributed by atoms with Gasteiger partial charge in [-0.1, -0.05) is 15.9 Å². The van der Waals surface area contributed by atoms with Crippen LogP contribution in [0.25, 0.3) is 6.08 Å². The quantitative estimate of drug-likeness (QED) is 0.809. The normalized spacial score (nSPS) is 12.0. The van der Waals surface area contributed by atoms with E-state index in [9.17, 15) is 14.0 Å². The number of alkyl carbamates (subject to hydrolysis) is 1. The smallest absolute Gasteiger partial charge is 0.412 e. The van der Waals surface area contributed by atoms with Crippen LogP contribution in [0.3, 0.4) is 0 Å². The first kappa shape index (κ1) is 17.2. The third-order valence-corrected chi connectivity index (χ3v) is 2.62. The van der Waals surface area contributed by atoms with Gasteiger partial charge in [0, 0.05) is 10.0 Å². The van der Waals surface area contributed by atoms with E-state index < -0.39 is 29.2 Å². The van der Waals surface area contributed by atoms with Crippen LogP contribution in [-0.2, 0) is 9.53 Å². The summed E-state index contributed by atoms with van der Waals surface area (Å²) in [6, 6.07) is 4.06. The zero-order valence-corrected chi connectivity index (χ0v) is 13.3. The van der Waals surface area contributed by atoms with Crippen LogP contribution in [0, 0.1) is 5.82 Å². The number of ether oxygens (including phenoxy) is 1. The van der Waals surface area contributed by atoms with E-state index in [4.69, 9.17) is 9.84 Å². The molecule has 0 atom stereocenters. The summed E-state index contributed by atoms with van der Waals surface area (Å²) in [5.74, 6) is -2.01. The monoisotopic (exact) mass is 359 g/mol. The minimum atomic E-state index is -1.40. The Morgan fingerprint density at radius 1 is 1.38 bits per heavy atom. The molecule has 0 heterocycles. The molecular formula is C14H15BrFNO4. The Morgan fingerprint density at radius 2 is 2.00 bits per heavy atom. The Kier molecular flexibility index (Phi) is 5.48. The number of carboxylic acids is 1. The van der Waals surface area contributed by atoms with Crippen LogP contribution in [-0.4, -0.2) is 22.8 Å². The molecule has 0 unspecified atom stereocenters. The minimum Gasteiger partial charge on any atom is -0.477 e. The number of rotatable bonds is 3. The van der Waals surface area contributed by atoms with E-state index in [2.05, 4.69) is 21.2 Å². The molecule has 21 heavy (non-hydrogen) atoms. The van der Waals surface area contributed by atoms with Gasteiger partial charge >= 0.3 is 12.1 Å². The van der Waals surface area contributed by atoms with E-state index >= 15 is 0 Å². The van der Waals surface area contributed by atoms with Gasteiger partial charge in [0.2, 0.25) is 0 Å². The van der Waals surface area contributed by atoms with Crippen molar-refractivity contribution in [2.24, 2.45) is 0 Å². The largest absolute Gasteiger partial charge is 0.477 e. The highest BCUT2D eigenvalue weighted by atomic mass is 79.9. The highest BCUT2D eigenvalue weighted by Gasteiger charge is 2.19. The Bertz CT molecular complexity index is 593. The lowest BCUT2D eigenvalue weighted by Gasteiger charge is -2.19. The molecule has 1 aromatic rings. The molecule has 114 valence electrons. The molecule has 0 saturated heterocycles. The molecule has 1 aromatic carbocycles. The summed E-state index contributed by atoms with van der Waals surface area (Å²) in [5, 5.41) is 11.2. The van der Waals surface area contributed by atoms with Crippen LogP contribution >= 0.6 is 15.9 Å². The van der Waals surface area contributed by atoms with Gasteiger partial charge in [0.15, 0.2) is 0 Å². The summed E-state index contributed by atoms with van der Waals surface area (Å²) in [7, 11) is 0. The number of hydrogen-bond acceptors (Lipinski definition) is 3. The molecule has 0 aromatic heterocycles. The highest BCUT2D eigenvalue weighted by molar-refractivity contribution is 9.10. The van der Waals surface area contributed by atoms with Crippen molar-refractivity contribution in [1.82, 2.24) is 5.32 Å². The van der Waals surface area contributed by atoms with Crippen molar-refractivity contribution in [3.8, 4) is 0 Å². The maximum atomic E-state index is 13.6. The topological polar surface area (TPSA) is 75.6 Å². The van der Waals surface area contributed by atoms with Crippen LogP contribution in [0.4, 0.5) is 9.18 Å². The Morgan fingerprint density at radius 3 is 2.52 bits per heavy atom. The van der Waals surface area contributed by atoms with Gasteiger partial charge in [-0.15, -0.1) is 0 Å². The van der Waals surface area contributed by atoms with Gasteiger partial charge in [0.25, 0.3) is 0 Å². The molecular weight excluding hydrogens is 345 g/mol. The van der Waals surface area contributed by atoms with E-state index in [1.807, 2.05) is 0 Å². The zero-order valence-electron chi connectivity index (χ0n) is 11.7. The van der Waals surface area contributed by atoms with Crippen molar-refractivity contribution in [1.29, 1.82) is 0 Å². The fraction of sp³-hybridized carbons (Fsp3) is 0.286. The Labute approximate surface area is 129 Å². The second kappa shape index (κ2) is 6.71. The lowest BCUT2D eigenvalue weighted by Crippen LogP contribution is -2.34. The van der Waals surface area contributed by atoms with Gasteiger partial charge in [0.1, 0.15) is 17.1 Å². The van der Waals surface area contributed by atoms with E-state index in [1.54, 1.807) is 20.8 Å². The van der Waals surface area contributed by atoms with Gasteiger partial charge in [-0.3, -0.25) is 5.32 Å². The summed E-state index contributed by atoms with van der Waals surface area (Å²) in [5.41, 5.74) is -1.23. The van der Waals surface area contributed by atoms with Gasteiger partial charge < -0.3 is 9.84 Å². The number of hydrogen-bond donors (Lipinski definition) is 2. The molecule has 1 amide bonds. The molecule has 1 rings (SSSR count). The van der Waals surface area contributed by atoms with Crippen LogP contribution in [0.1, 0.15) is 26.3 Å². The molecule has 7 heteroatoms. The summed E-state index contributed by atoms with van der Waals surface area (Å²) in [6.07, 6.45) is 0.0957. The van der Waals surface area contributed by atoms with Crippen molar-refractivity contribution in [3.63, 3.8) is 0 Å². The number of carbonyl (C=O) groups excluding carboxylic acids is 1. The van der Waals surface area contributed by atoms with Gasteiger partial charge in [-0.2, -0.15) is 0 Å². The van der Waals surface area contributed by atoms with Gasteiger partial charge in [-0.05, 0) is 45.0 Å².